The van der Waals surface area contributed by atoms with Crippen LogP contribution in [0.1, 0.15) is 45.4 Å². The first-order chi connectivity index (χ1) is 18.1. The fourth-order valence-corrected chi connectivity index (χ4v) is 6.43. The summed E-state index contributed by atoms with van der Waals surface area (Å²) < 4.78 is 57.9. The van der Waals surface area contributed by atoms with Crippen LogP contribution in [0.3, 0.4) is 0 Å². The van der Waals surface area contributed by atoms with E-state index in [9.17, 15) is 17.2 Å². The van der Waals surface area contributed by atoms with Gasteiger partial charge in [-0.05, 0) is 75.2 Å². The van der Waals surface area contributed by atoms with Crippen molar-refractivity contribution in [3.05, 3.63) is 71.4 Å². The number of halogens is 2. The van der Waals surface area contributed by atoms with E-state index < -0.39 is 15.8 Å². The van der Waals surface area contributed by atoms with Crippen LogP contribution in [0, 0.1) is 11.6 Å². The number of piperazine rings is 1. The number of rotatable bonds is 10. The van der Waals surface area contributed by atoms with E-state index in [-0.39, 0.29) is 17.3 Å². The molecule has 0 amide bonds. The van der Waals surface area contributed by atoms with Gasteiger partial charge in [-0.1, -0.05) is 13.8 Å². The molecule has 7 nitrogen and oxygen atoms in total. The molecule has 0 aliphatic carbocycles. The van der Waals surface area contributed by atoms with Gasteiger partial charge in [-0.25, -0.2) is 21.9 Å². The monoisotopic (exact) mass is 545 g/mol. The SMILES string of the molecule is CCCN(Cc1c(CC)nn(-c2ccc(F)cc2)c1N1CCN(C(C)C)CC1)S(=O)(=O)c1ccc(F)cc1. The van der Waals surface area contributed by atoms with Crippen LogP contribution in [0.15, 0.2) is 53.4 Å². The van der Waals surface area contributed by atoms with Crippen molar-refractivity contribution < 1.29 is 17.2 Å². The van der Waals surface area contributed by atoms with E-state index in [0.717, 1.165) is 48.9 Å². The molecule has 1 aliphatic rings. The number of aryl methyl sites for hydroxylation is 1. The second kappa shape index (κ2) is 11.9. The smallest absolute Gasteiger partial charge is 0.243 e. The maximum atomic E-state index is 13.8. The molecule has 4 rings (SSSR count). The Balaban J connectivity index is 1.80. The van der Waals surface area contributed by atoms with Crippen LogP contribution in [0.5, 0.6) is 0 Å². The Bertz CT molecular complexity index is 1320. The Hall–Kier alpha value is -2.82. The highest BCUT2D eigenvalue weighted by molar-refractivity contribution is 7.89. The van der Waals surface area contributed by atoms with Crippen LogP contribution >= 0.6 is 0 Å². The van der Waals surface area contributed by atoms with Gasteiger partial charge in [0.25, 0.3) is 0 Å². The third-order valence-corrected chi connectivity index (χ3v) is 8.91. The van der Waals surface area contributed by atoms with Crippen LogP contribution in [0.25, 0.3) is 5.69 Å². The van der Waals surface area contributed by atoms with E-state index >= 15 is 0 Å². The Labute approximate surface area is 224 Å². The highest BCUT2D eigenvalue weighted by Gasteiger charge is 2.31. The Morgan fingerprint density at radius 1 is 0.921 bits per heavy atom. The zero-order valence-electron chi connectivity index (χ0n) is 22.6. The van der Waals surface area contributed by atoms with Crippen molar-refractivity contribution in [2.24, 2.45) is 0 Å². The number of anilines is 1. The average molecular weight is 546 g/mol. The van der Waals surface area contributed by atoms with Crippen molar-refractivity contribution in [1.82, 2.24) is 19.0 Å². The van der Waals surface area contributed by atoms with E-state index in [1.54, 1.807) is 12.1 Å². The summed E-state index contributed by atoms with van der Waals surface area (Å²) in [6.45, 7) is 12.0. The van der Waals surface area contributed by atoms with Gasteiger partial charge in [0.05, 0.1) is 16.3 Å². The molecule has 0 spiro atoms. The third kappa shape index (κ3) is 5.92. The maximum absolute atomic E-state index is 13.8. The summed E-state index contributed by atoms with van der Waals surface area (Å²) in [5, 5.41) is 4.91. The molecule has 1 fully saturated rings. The fraction of sp³-hybridized carbons (Fsp3) is 0.464. The van der Waals surface area contributed by atoms with Crippen LogP contribution in [0.2, 0.25) is 0 Å². The minimum absolute atomic E-state index is 0.0587. The van der Waals surface area contributed by atoms with Crippen molar-refractivity contribution in [2.75, 3.05) is 37.6 Å². The molecule has 10 heteroatoms. The molecule has 3 aromatic rings. The largest absolute Gasteiger partial charge is 0.354 e. The number of hydrogen-bond acceptors (Lipinski definition) is 5. The Morgan fingerprint density at radius 3 is 2.03 bits per heavy atom. The zero-order valence-corrected chi connectivity index (χ0v) is 23.4. The molecule has 206 valence electrons. The van der Waals surface area contributed by atoms with Gasteiger partial charge < -0.3 is 4.90 Å². The molecule has 0 unspecified atom stereocenters. The number of nitrogens with zero attached hydrogens (tertiary/aromatic N) is 5. The first-order valence-electron chi connectivity index (χ1n) is 13.3. The number of benzene rings is 2. The predicted octanol–water partition coefficient (Wildman–Crippen LogP) is 4.84. The Morgan fingerprint density at radius 2 is 1.50 bits per heavy atom. The average Bonchev–Trinajstić information content (AvgIpc) is 3.27. The quantitative estimate of drug-likeness (QED) is 0.365. The highest BCUT2D eigenvalue weighted by Crippen LogP contribution is 2.32. The number of hydrogen-bond donors (Lipinski definition) is 0. The zero-order chi connectivity index (χ0) is 27.4. The van der Waals surface area contributed by atoms with Gasteiger partial charge in [0, 0.05) is 50.9 Å². The summed E-state index contributed by atoms with van der Waals surface area (Å²) >= 11 is 0. The number of aromatic nitrogens is 2. The summed E-state index contributed by atoms with van der Waals surface area (Å²) in [5.74, 6) is 0.0263. The molecule has 2 aromatic carbocycles. The minimum Gasteiger partial charge on any atom is -0.354 e. The highest BCUT2D eigenvalue weighted by atomic mass is 32.2. The van der Waals surface area contributed by atoms with E-state index in [0.29, 0.717) is 25.4 Å². The summed E-state index contributed by atoms with van der Waals surface area (Å²) in [6, 6.07) is 11.6. The van der Waals surface area contributed by atoms with E-state index in [1.807, 2.05) is 18.5 Å². The van der Waals surface area contributed by atoms with E-state index in [2.05, 4.69) is 23.6 Å². The number of sulfonamides is 1. The molecule has 0 N–H and O–H groups in total. The molecular formula is C28H37F2N5O2S. The summed E-state index contributed by atoms with van der Waals surface area (Å²) in [5.41, 5.74) is 2.36. The van der Waals surface area contributed by atoms with Gasteiger partial charge in [0.15, 0.2) is 0 Å². The van der Waals surface area contributed by atoms with Gasteiger partial charge in [0.1, 0.15) is 17.5 Å². The lowest BCUT2D eigenvalue weighted by Gasteiger charge is -2.38. The first-order valence-corrected chi connectivity index (χ1v) is 14.7. The van der Waals surface area contributed by atoms with Gasteiger partial charge in [-0.2, -0.15) is 9.40 Å². The van der Waals surface area contributed by atoms with Crippen molar-refractivity contribution in [2.45, 2.75) is 58.0 Å². The fourth-order valence-electron chi connectivity index (χ4n) is 4.93. The van der Waals surface area contributed by atoms with Crippen molar-refractivity contribution >= 4 is 15.8 Å². The lowest BCUT2D eigenvalue weighted by atomic mass is 10.1. The summed E-state index contributed by atoms with van der Waals surface area (Å²) in [7, 11) is -3.88. The molecule has 0 bridgehead atoms. The van der Waals surface area contributed by atoms with Crippen molar-refractivity contribution in [3.8, 4) is 5.69 Å². The van der Waals surface area contributed by atoms with Crippen LogP contribution in [0.4, 0.5) is 14.6 Å². The molecule has 0 saturated carbocycles. The summed E-state index contributed by atoms with van der Waals surface area (Å²) in [4.78, 5) is 4.74. The van der Waals surface area contributed by atoms with E-state index in [4.69, 9.17) is 5.10 Å². The van der Waals surface area contributed by atoms with Crippen LogP contribution in [-0.4, -0.2) is 66.2 Å². The molecule has 1 aromatic heterocycles. The second-order valence-corrected chi connectivity index (χ2v) is 11.8. The third-order valence-electron chi connectivity index (χ3n) is 7.05. The lowest BCUT2D eigenvalue weighted by molar-refractivity contribution is 0.208. The van der Waals surface area contributed by atoms with Gasteiger partial charge in [0.2, 0.25) is 10.0 Å². The molecular weight excluding hydrogens is 508 g/mol. The molecule has 0 atom stereocenters. The first kappa shape index (κ1) is 28.2. The molecule has 2 heterocycles. The molecule has 1 saturated heterocycles. The van der Waals surface area contributed by atoms with Gasteiger partial charge in [-0.15, -0.1) is 0 Å². The van der Waals surface area contributed by atoms with Crippen LogP contribution < -0.4 is 4.90 Å². The second-order valence-electron chi connectivity index (χ2n) is 9.90. The molecule has 38 heavy (non-hydrogen) atoms. The minimum atomic E-state index is -3.88. The summed E-state index contributed by atoms with van der Waals surface area (Å²) in [6.07, 6.45) is 1.23. The van der Waals surface area contributed by atoms with Gasteiger partial charge >= 0.3 is 0 Å². The van der Waals surface area contributed by atoms with Crippen molar-refractivity contribution in [3.63, 3.8) is 0 Å². The maximum Gasteiger partial charge on any atom is 0.243 e. The van der Waals surface area contributed by atoms with Gasteiger partial charge in [-0.3, -0.25) is 4.90 Å². The normalized spacial score (nSPS) is 15.1. The van der Waals surface area contributed by atoms with Crippen LogP contribution in [-0.2, 0) is 23.0 Å². The van der Waals surface area contributed by atoms with Crippen molar-refractivity contribution in [1.29, 1.82) is 0 Å². The lowest BCUT2D eigenvalue weighted by Crippen LogP contribution is -2.49. The Kier molecular flexibility index (Phi) is 8.85. The van der Waals surface area contributed by atoms with E-state index in [1.165, 1.54) is 40.7 Å². The standard InChI is InChI=1S/C28H37F2N5O2S/c1-5-15-34(38(36,37)25-13-9-23(30)10-14-25)20-26-27(6-2)31-35(24-11-7-22(29)8-12-24)28(26)33-18-16-32(17-19-33)21(3)4/h7-14,21H,5-6,15-20H2,1-4H3. The molecule has 1 aliphatic heterocycles. The predicted molar refractivity (Wildman–Crippen MR) is 146 cm³/mol. The molecule has 0 radical (unpaired) electrons. The topological polar surface area (TPSA) is 61.7 Å².